The van der Waals surface area contributed by atoms with Crippen LogP contribution in [-0.4, -0.2) is 61.5 Å². The fraction of sp³-hybridized carbons (Fsp3) is 0.429. The van der Waals surface area contributed by atoms with Gasteiger partial charge in [-0.25, -0.2) is 13.2 Å². The van der Waals surface area contributed by atoms with Gasteiger partial charge in [-0.05, 0) is 12.1 Å². The molecule has 0 spiro atoms. The summed E-state index contributed by atoms with van der Waals surface area (Å²) in [5.74, 6) is -5.43. The first-order valence-corrected chi connectivity index (χ1v) is 6.65. The highest BCUT2D eigenvalue weighted by Crippen LogP contribution is 2.17. The Morgan fingerprint density at radius 3 is 2.23 bits per heavy atom. The van der Waals surface area contributed by atoms with Crippen molar-refractivity contribution in [2.24, 2.45) is 0 Å². The first-order chi connectivity index (χ1) is 10.5. The number of nitrogens with zero attached hydrogens (tertiary/aromatic N) is 2. The predicted octanol–water partition coefficient (Wildman–Crippen LogP) is 1.03. The van der Waals surface area contributed by atoms with Crippen LogP contribution in [0.15, 0.2) is 12.1 Å². The second-order valence-electron chi connectivity index (χ2n) is 4.83. The zero-order chi connectivity index (χ0) is 16.3. The molecule has 5 nitrogen and oxygen atoms in total. The first kappa shape index (κ1) is 16.3. The Kier molecular flexibility index (Phi) is 5.02. The minimum absolute atomic E-state index is 0.0499. The van der Waals surface area contributed by atoms with Crippen LogP contribution in [0.2, 0.25) is 0 Å². The molecule has 8 heteroatoms. The van der Waals surface area contributed by atoms with E-state index in [1.165, 1.54) is 16.9 Å². The van der Waals surface area contributed by atoms with Crippen molar-refractivity contribution in [3.63, 3.8) is 0 Å². The zero-order valence-electron chi connectivity index (χ0n) is 11.9. The molecule has 120 valence electrons. The Labute approximate surface area is 125 Å². The number of rotatable bonds is 3. The second kappa shape index (κ2) is 6.78. The van der Waals surface area contributed by atoms with E-state index < -0.39 is 28.9 Å². The second-order valence-corrected chi connectivity index (χ2v) is 4.83. The van der Waals surface area contributed by atoms with Crippen LogP contribution in [-0.2, 0) is 9.53 Å². The maximum atomic E-state index is 13.6. The molecule has 1 heterocycles. The van der Waals surface area contributed by atoms with Crippen LogP contribution in [0.4, 0.5) is 13.2 Å². The summed E-state index contributed by atoms with van der Waals surface area (Å²) < 4.78 is 44.4. The van der Waals surface area contributed by atoms with Crippen molar-refractivity contribution >= 4 is 11.8 Å². The van der Waals surface area contributed by atoms with Crippen LogP contribution in [0.5, 0.6) is 0 Å². The first-order valence-electron chi connectivity index (χ1n) is 6.65. The minimum Gasteiger partial charge on any atom is -0.375 e. The number of hydrogen-bond donors (Lipinski definition) is 0. The van der Waals surface area contributed by atoms with E-state index in [2.05, 4.69) is 0 Å². The van der Waals surface area contributed by atoms with E-state index in [0.717, 1.165) is 6.07 Å². The van der Waals surface area contributed by atoms with Crippen molar-refractivity contribution in [2.75, 3.05) is 39.9 Å². The molecular formula is C14H15F3N2O3. The SMILES string of the molecule is COCC(=O)N1CCN(C(=O)c2ccc(F)c(F)c2F)CC1. The van der Waals surface area contributed by atoms with E-state index in [1.807, 2.05) is 0 Å². The molecule has 1 aliphatic heterocycles. The van der Waals surface area contributed by atoms with Crippen LogP contribution in [0, 0.1) is 17.5 Å². The van der Waals surface area contributed by atoms with Gasteiger partial charge in [0.2, 0.25) is 5.91 Å². The Morgan fingerprint density at radius 1 is 1.05 bits per heavy atom. The van der Waals surface area contributed by atoms with Gasteiger partial charge in [0.1, 0.15) is 6.61 Å². The Morgan fingerprint density at radius 2 is 1.64 bits per heavy atom. The van der Waals surface area contributed by atoms with E-state index in [0.29, 0.717) is 6.07 Å². The van der Waals surface area contributed by atoms with Gasteiger partial charge in [0, 0.05) is 33.3 Å². The summed E-state index contributed by atoms with van der Waals surface area (Å²) in [5, 5.41) is 0. The molecular weight excluding hydrogens is 301 g/mol. The number of methoxy groups -OCH3 is 1. The third-order valence-corrected chi connectivity index (χ3v) is 3.45. The molecule has 2 rings (SSSR count). The van der Waals surface area contributed by atoms with Crippen LogP contribution in [0.3, 0.4) is 0 Å². The molecule has 0 unspecified atom stereocenters. The third-order valence-electron chi connectivity index (χ3n) is 3.45. The highest BCUT2D eigenvalue weighted by atomic mass is 19.2. The smallest absolute Gasteiger partial charge is 0.257 e. The fourth-order valence-corrected chi connectivity index (χ4v) is 2.24. The van der Waals surface area contributed by atoms with Crippen LogP contribution >= 0.6 is 0 Å². The lowest BCUT2D eigenvalue weighted by molar-refractivity contribution is -0.136. The summed E-state index contributed by atoms with van der Waals surface area (Å²) in [6.07, 6.45) is 0. The molecule has 0 saturated carbocycles. The van der Waals surface area contributed by atoms with Crippen molar-refractivity contribution in [3.8, 4) is 0 Å². The van der Waals surface area contributed by atoms with E-state index >= 15 is 0 Å². The molecule has 2 amide bonds. The number of hydrogen-bond acceptors (Lipinski definition) is 3. The minimum atomic E-state index is -1.67. The molecule has 22 heavy (non-hydrogen) atoms. The molecule has 0 radical (unpaired) electrons. The summed E-state index contributed by atoms with van der Waals surface area (Å²) in [7, 11) is 1.41. The number of carbonyl (C=O) groups is 2. The van der Waals surface area contributed by atoms with E-state index in [4.69, 9.17) is 4.74 Å². The lowest BCUT2D eigenvalue weighted by atomic mass is 10.1. The molecule has 1 aromatic carbocycles. The quantitative estimate of drug-likeness (QED) is 0.783. The standard InChI is InChI=1S/C14H15F3N2O3/c1-22-8-11(20)18-4-6-19(7-5-18)14(21)9-2-3-10(15)13(17)12(9)16/h2-3H,4-8H2,1H3. The van der Waals surface area contributed by atoms with Crippen LogP contribution in [0.1, 0.15) is 10.4 Å². The number of ether oxygens (including phenoxy) is 1. The summed E-state index contributed by atoms with van der Waals surface area (Å²) >= 11 is 0. The predicted molar refractivity (Wildman–Crippen MR) is 70.7 cm³/mol. The van der Waals surface area contributed by atoms with Crippen molar-refractivity contribution < 1.29 is 27.5 Å². The fourth-order valence-electron chi connectivity index (χ4n) is 2.24. The number of carbonyl (C=O) groups excluding carboxylic acids is 2. The molecule has 0 bridgehead atoms. The molecule has 1 aliphatic rings. The lowest BCUT2D eigenvalue weighted by Crippen LogP contribution is -2.51. The van der Waals surface area contributed by atoms with Crippen LogP contribution in [0.25, 0.3) is 0 Å². The van der Waals surface area contributed by atoms with Gasteiger partial charge in [-0.1, -0.05) is 0 Å². The summed E-state index contributed by atoms with van der Waals surface area (Å²) in [6, 6.07) is 1.63. The molecule has 0 atom stereocenters. The topological polar surface area (TPSA) is 49.9 Å². The number of amides is 2. The molecule has 1 aromatic rings. The Balaban J connectivity index is 2.04. The average molecular weight is 316 g/mol. The summed E-state index contributed by atoms with van der Waals surface area (Å²) in [5.41, 5.74) is -0.518. The highest BCUT2D eigenvalue weighted by molar-refractivity contribution is 5.94. The monoisotopic (exact) mass is 316 g/mol. The van der Waals surface area contributed by atoms with E-state index in [-0.39, 0.29) is 38.7 Å². The van der Waals surface area contributed by atoms with E-state index in [9.17, 15) is 22.8 Å². The van der Waals surface area contributed by atoms with Gasteiger partial charge in [-0.15, -0.1) is 0 Å². The van der Waals surface area contributed by atoms with Crippen molar-refractivity contribution in [3.05, 3.63) is 35.1 Å². The number of halogens is 3. The average Bonchev–Trinajstić information content (AvgIpc) is 2.52. The number of piperazine rings is 1. The van der Waals surface area contributed by atoms with Gasteiger partial charge in [-0.2, -0.15) is 0 Å². The van der Waals surface area contributed by atoms with Crippen molar-refractivity contribution in [1.29, 1.82) is 0 Å². The third kappa shape index (κ3) is 3.22. The van der Waals surface area contributed by atoms with Crippen molar-refractivity contribution in [1.82, 2.24) is 9.80 Å². The van der Waals surface area contributed by atoms with Gasteiger partial charge in [-0.3, -0.25) is 9.59 Å². The summed E-state index contributed by atoms with van der Waals surface area (Å²) in [4.78, 5) is 26.6. The largest absolute Gasteiger partial charge is 0.375 e. The maximum absolute atomic E-state index is 13.6. The van der Waals surface area contributed by atoms with Crippen molar-refractivity contribution in [2.45, 2.75) is 0 Å². The molecule has 0 aromatic heterocycles. The summed E-state index contributed by atoms with van der Waals surface area (Å²) in [6.45, 7) is 0.879. The van der Waals surface area contributed by atoms with Gasteiger partial charge < -0.3 is 14.5 Å². The van der Waals surface area contributed by atoms with Crippen LogP contribution < -0.4 is 0 Å². The maximum Gasteiger partial charge on any atom is 0.257 e. The highest BCUT2D eigenvalue weighted by Gasteiger charge is 2.27. The van der Waals surface area contributed by atoms with Gasteiger partial charge in [0.05, 0.1) is 5.56 Å². The molecule has 0 N–H and O–H groups in total. The zero-order valence-corrected chi connectivity index (χ0v) is 11.9. The number of benzene rings is 1. The lowest BCUT2D eigenvalue weighted by Gasteiger charge is -2.34. The Bertz CT molecular complexity index is 587. The van der Waals surface area contributed by atoms with Gasteiger partial charge >= 0.3 is 0 Å². The molecule has 1 fully saturated rings. The van der Waals surface area contributed by atoms with E-state index in [1.54, 1.807) is 0 Å². The molecule has 1 saturated heterocycles. The Hall–Kier alpha value is -2.09. The molecule has 0 aliphatic carbocycles. The normalized spacial score (nSPS) is 15.1. The van der Waals surface area contributed by atoms with Gasteiger partial charge in [0.15, 0.2) is 17.5 Å². The van der Waals surface area contributed by atoms with Gasteiger partial charge in [0.25, 0.3) is 5.91 Å².